The van der Waals surface area contributed by atoms with E-state index >= 15 is 4.39 Å². The van der Waals surface area contributed by atoms with Crippen LogP contribution >= 0.6 is 0 Å². The van der Waals surface area contributed by atoms with Crippen molar-refractivity contribution in [3.8, 4) is 11.5 Å². The van der Waals surface area contributed by atoms with Crippen LogP contribution in [-0.4, -0.2) is 45.8 Å². The summed E-state index contributed by atoms with van der Waals surface area (Å²) in [7, 11) is 4.99. The standard InChI is InChI=1S/C34H40FNO4/c1-38-32-28(30-26(22-7-5-4-6-8-22)11-9-23-19-25(37)10-12-27(23)30)13-14-29(31(32)35)36-17-15-34(16-18-36)20-24(21-34)33(39-2)40-3/h4-8,10,12-14,19,24,26,30,33,37H,9,11,15-18,20-21H2,1-3H3. The zero-order valence-corrected chi connectivity index (χ0v) is 23.7. The van der Waals surface area contributed by atoms with Gasteiger partial charge in [0.1, 0.15) is 5.75 Å². The lowest BCUT2D eigenvalue weighted by Gasteiger charge is -2.54. The van der Waals surface area contributed by atoms with Crippen molar-refractivity contribution in [1.82, 2.24) is 0 Å². The molecule has 0 aromatic heterocycles. The van der Waals surface area contributed by atoms with Gasteiger partial charge in [-0.3, -0.25) is 0 Å². The number of aromatic hydroxyl groups is 1. The van der Waals surface area contributed by atoms with E-state index in [0.29, 0.717) is 22.8 Å². The van der Waals surface area contributed by atoms with Gasteiger partial charge in [-0.15, -0.1) is 0 Å². The maximum absolute atomic E-state index is 16.4. The molecule has 212 valence electrons. The van der Waals surface area contributed by atoms with Gasteiger partial charge in [0.05, 0.1) is 12.8 Å². The Hall–Kier alpha value is -3.09. The number of benzene rings is 3. The van der Waals surface area contributed by atoms with Crippen LogP contribution in [0, 0.1) is 17.2 Å². The molecule has 2 atom stereocenters. The van der Waals surface area contributed by atoms with Crippen LogP contribution in [0.15, 0.2) is 60.7 Å². The van der Waals surface area contributed by atoms with Crippen LogP contribution in [0.25, 0.3) is 0 Å². The van der Waals surface area contributed by atoms with Crippen LogP contribution in [0.5, 0.6) is 11.5 Å². The van der Waals surface area contributed by atoms with Crippen molar-refractivity contribution >= 4 is 5.69 Å². The van der Waals surface area contributed by atoms with E-state index in [9.17, 15) is 5.11 Å². The Morgan fingerprint density at radius 2 is 1.62 bits per heavy atom. The number of hydrogen-bond donors (Lipinski definition) is 1. The minimum atomic E-state index is -0.279. The summed E-state index contributed by atoms with van der Waals surface area (Å²) < 4.78 is 33.2. The van der Waals surface area contributed by atoms with Gasteiger partial charge >= 0.3 is 0 Å². The molecule has 5 nitrogen and oxygen atoms in total. The van der Waals surface area contributed by atoms with Gasteiger partial charge in [0, 0.05) is 44.7 Å². The molecular formula is C34H40FNO4. The van der Waals surface area contributed by atoms with Gasteiger partial charge in [-0.1, -0.05) is 42.5 Å². The number of nitrogens with zero attached hydrogens (tertiary/aromatic N) is 1. The molecule has 1 aliphatic heterocycles. The van der Waals surface area contributed by atoms with Crippen molar-refractivity contribution in [2.45, 2.75) is 56.7 Å². The molecule has 6 heteroatoms. The number of methoxy groups -OCH3 is 3. The molecule has 0 radical (unpaired) electrons. The Labute approximate surface area is 236 Å². The summed E-state index contributed by atoms with van der Waals surface area (Å²) in [6, 6.07) is 20.1. The number of phenols is 1. The maximum atomic E-state index is 16.4. The van der Waals surface area contributed by atoms with Gasteiger partial charge in [0.25, 0.3) is 0 Å². The molecule has 2 fully saturated rings. The summed E-state index contributed by atoms with van der Waals surface area (Å²) in [5.74, 6) is 0.869. The minimum Gasteiger partial charge on any atom is -0.508 e. The molecule has 40 heavy (non-hydrogen) atoms. The second-order valence-corrected chi connectivity index (χ2v) is 11.9. The molecule has 1 saturated carbocycles. The SMILES string of the molecule is COc1c(C2c3ccc(O)cc3CCC2c2ccccc2)ccc(N2CCC3(CC2)CC(C(OC)OC)C3)c1F. The second kappa shape index (κ2) is 11.1. The first-order chi connectivity index (χ1) is 19.5. The summed E-state index contributed by atoms with van der Waals surface area (Å²) in [5, 5.41) is 10.2. The third kappa shape index (κ3) is 4.75. The summed E-state index contributed by atoms with van der Waals surface area (Å²) in [4.78, 5) is 2.19. The lowest BCUT2D eigenvalue weighted by Crippen LogP contribution is -2.50. The Morgan fingerprint density at radius 1 is 0.925 bits per heavy atom. The lowest BCUT2D eigenvalue weighted by molar-refractivity contribution is -0.184. The number of fused-ring (bicyclic) bond motifs is 1. The monoisotopic (exact) mass is 545 g/mol. The Bertz CT molecular complexity index is 1330. The highest BCUT2D eigenvalue weighted by Gasteiger charge is 2.49. The van der Waals surface area contributed by atoms with Crippen molar-refractivity contribution in [2.24, 2.45) is 11.3 Å². The van der Waals surface area contributed by atoms with Gasteiger partial charge < -0.3 is 24.2 Å². The average Bonchev–Trinajstić information content (AvgIpc) is 2.97. The molecule has 1 heterocycles. The molecule has 6 rings (SSSR count). The summed E-state index contributed by atoms with van der Waals surface area (Å²) in [5.41, 5.74) is 5.29. The Morgan fingerprint density at radius 3 is 2.30 bits per heavy atom. The van der Waals surface area contributed by atoms with Crippen LogP contribution in [0.3, 0.4) is 0 Å². The highest BCUT2D eigenvalue weighted by molar-refractivity contribution is 5.60. The molecule has 1 spiro atoms. The fourth-order valence-corrected chi connectivity index (χ4v) is 7.86. The number of anilines is 1. The number of halogens is 1. The Kier molecular flexibility index (Phi) is 7.49. The largest absolute Gasteiger partial charge is 0.508 e. The van der Waals surface area contributed by atoms with Crippen molar-refractivity contribution in [3.63, 3.8) is 0 Å². The lowest BCUT2D eigenvalue weighted by atomic mass is 9.57. The van der Waals surface area contributed by atoms with Crippen molar-refractivity contribution in [2.75, 3.05) is 39.3 Å². The third-order valence-corrected chi connectivity index (χ3v) is 9.87. The third-order valence-electron chi connectivity index (χ3n) is 9.87. The predicted octanol–water partition coefficient (Wildman–Crippen LogP) is 7.02. The van der Waals surface area contributed by atoms with E-state index in [4.69, 9.17) is 14.2 Å². The van der Waals surface area contributed by atoms with E-state index in [0.717, 1.165) is 68.3 Å². The molecule has 0 amide bonds. The number of phenolic OH excluding ortho intramolecular Hbond substituents is 1. The summed E-state index contributed by atoms with van der Waals surface area (Å²) >= 11 is 0. The fourth-order valence-electron chi connectivity index (χ4n) is 7.86. The van der Waals surface area contributed by atoms with Gasteiger partial charge in [-0.05, 0) is 84.7 Å². The summed E-state index contributed by atoms with van der Waals surface area (Å²) in [6.45, 7) is 1.66. The predicted molar refractivity (Wildman–Crippen MR) is 155 cm³/mol. The van der Waals surface area contributed by atoms with Crippen LogP contribution in [0.4, 0.5) is 10.1 Å². The molecule has 3 aromatic rings. The quantitative estimate of drug-likeness (QED) is 0.324. The van der Waals surface area contributed by atoms with Gasteiger partial charge in [-0.25, -0.2) is 4.39 Å². The van der Waals surface area contributed by atoms with Crippen LogP contribution in [0.1, 0.15) is 66.2 Å². The van der Waals surface area contributed by atoms with Crippen molar-refractivity contribution in [1.29, 1.82) is 0 Å². The smallest absolute Gasteiger partial charge is 0.188 e. The van der Waals surface area contributed by atoms with E-state index < -0.39 is 0 Å². The Balaban J connectivity index is 1.29. The molecule has 2 aliphatic carbocycles. The van der Waals surface area contributed by atoms with Gasteiger partial charge in [0.2, 0.25) is 0 Å². The molecule has 0 bridgehead atoms. The van der Waals surface area contributed by atoms with E-state index in [1.165, 1.54) is 5.56 Å². The molecule has 3 aromatic carbocycles. The van der Waals surface area contributed by atoms with Crippen LogP contribution in [-0.2, 0) is 15.9 Å². The van der Waals surface area contributed by atoms with Crippen LogP contribution in [0.2, 0.25) is 0 Å². The molecule has 3 aliphatic rings. The molecule has 1 N–H and O–H groups in total. The zero-order valence-electron chi connectivity index (χ0n) is 23.7. The van der Waals surface area contributed by atoms with Gasteiger partial charge in [0.15, 0.2) is 17.9 Å². The van der Waals surface area contributed by atoms with E-state index in [1.54, 1.807) is 27.4 Å². The minimum absolute atomic E-state index is 0.0729. The molecule has 2 unspecified atom stereocenters. The van der Waals surface area contributed by atoms with Crippen molar-refractivity contribution in [3.05, 3.63) is 88.7 Å². The molecule has 1 saturated heterocycles. The number of hydrogen-bond acceptors (Lipinski definition) is 5. The number of aryl methyl sites for hydroxylation is 1. The maximum Gasteiger partial charge on any atom is 0.188 e. The second-order valence-electron chi connectivity index (χ2n) is 11.9. The number of piperidine rings is 1. The highest BCUT2D eigenvalue weighted by atomic mass is 19.1. The number of rotatable bonds is 7. The zero-order chi connectivity index (χ0) is 27.9. The van der Waals surface area contributed by atoms with E-state index in [-0.39, 0.29) is 29.7 Å². The average molecular weight is 546 g/mol. The first kappa shape index (κ1) is 27.1. The number of ether oxygens (including phenoxy) is 3. The first-order valence-electron chi connectivity index (χ1n) is 14.5. The molecular weight excluding hydrogens is 505 g/mol. The van der Waals surface area contributed by atoms with Crippen molar-refractivity contribution < 1.29 is 23.7 Å². The first-order valence-corrected chi connectivity index (χ1v) is 14.5. The summed E-state index contributed by atoms with van der Waals surface area (Å²) in [6.07, 6.45) is 5.96. The van der Waals surface area contributed by atoms with E-state index in [1.807, 2.05) is 24.3 Å². The highest BCUT2D eigenvalue weighted by Crippen LogP contribution is 2.55. The van der Waals surface area contributed by atoms with Crippen LogP contribution < -0.4 is 9.64 Å². The fraction of sp³-hybridized carbons (Fsp3) is 0.471. The topological polar surface area (TPSA) is 51.2 Å². The normalized spacial score (nSPS) is 22.3. The van der Waals surface area contributed by atoms with E-state index in [2.05, 4.69) is 35.2 Å². The van der Waals surface area contributed by atoms with Gasteiger partial charge in [-0.2, -0.15) is 0 Å².